The molecule has 1 aromatic carbocycles. The van der Waals surface area contributed by atoms with Crippen molar-refractivity contribution in [2.45, 2.75) is 45.3 Å². The van der Waals surface area contributed by atoms with E-state index in [2.05, 4.69) is 9.97 Å². The third-order valence-corrected chi connectivity index (χ3v) is 7.56. The molecule has 1 unspecified atom stereocenters. The molecule has 43 heavy (non-hydrogen) atoms. The Bertz CT molecular complexity index is 1690. The van der Waals surface area contributed by atoms with Crippen LogP contribution in [0.2, 0.25) is 0 Å². The van der Waals surface area contributed by atoms with Gasteiger partial charge in [-0.1, -0.05) is 18.2 Å². The smallest absolute Gasteiger partial charge is 0.410 e. The molecule has 1 fully saturated rings. The minimum absolute atomic E-state index is 0.0212. The minimum atomic E-state index is -3.02. The lowest BCUT2D eigenvalue weighted by Crippen LogP contribution is -2.50. The minimum Gasteiger partial charge on any atom is -0.444 e. The van der Waals surface area contributed by atoms with Crippen molar-refractivity contribution in [2.24, 2.45) is 0 Å². The fourth-order valence-electron chi connectivity index (χ4n) is 5.62. The van der Waals surface area contributed by atoms with Crippen molar-refractivity contribution in [3.63, 3.8) is 0 Å². The maximum atomic E-state index is 15.4. The Morgan fingerprint density at radius 3 is 2.49 bits per heavy atom. The van der Waals surface area contributed by atoms with Crippen molar-refractivity contribution in [1.29, 1.82) is 0 Å². The average Bonchev–Trinajstić information content (AvgIpc) is 3.48. The Morgan fingerprint density at radius 1 is 1.07 bits per heavy atom. The average molecular weight is 594 g/mol. The highest BCUT2D eigenvalue weighted by molar-refractivity contribution is 6.01. The first-order valence-corrected chi connectivity index (χ1v) is 14.0. The number of aromatic nitrogens is 3. The molecule has 0 radical (unpaired) electrons. The summed E-state index contributed by atoms with van der Waals surface area (Å²) in [5.41, 5.74) is 1.55. The summed E-state index contributed by atoms with van der Waals surface area (Å²) in [6.45, 7) is 4.58. The van der Waals surface area contributed by atoms with Crippen LogP contribution in [-0.4, -0.2) is 69.5 Å². The molecule has 1 amide bonds. The van der Waals surface area contributed by atoms with Crippen LogP contribution in [0.3, 0.4) is 0 Å². The normalized spacial score (nSPS) is 17.1. The van der Waals surface area contributed by atoms with Gasteiger partial charge in [-0.3, -0.25) is 4.79 Å². The summed E-state index contributed by atoms with van der Waals surface area (Å²) in [5, 5.41) is 0. The van der Waals surface area contributed by atoms with Gasteiger partial charge >= 0.3 is 12.7 Å². The standard InChI is InChI=1S/C31H30F3N5O4/c1-31(2,3)43-30(41)38-12-10-37(11-13-38)25-9-8-18(16-35-25)21-17-39-26(15-22(21)32)36-27-23(40)14-20(28(27)39)19-6-4-5-7-24(19)42-29(33)34/h4-9,15-17,20,29H,10-14H2,1-3H3. The molecule has 0 N–H and O–H groups in total. The summed E-state index contributed by atoms with van der Waals surface area (Å²) in [5.74, 6) is -0.714. The first-order chi connectivity index (χ1) is 20.5. The Morgan fingerprint density at radius 2 is 1.81 bits per heavy atom. The number of carbonyl (C=O) groups is 2. The number of carbonyl (C=O) groups excluding carboxylic acids is 2. The molecule has 2 aliphatic rings. The van der Waals surface area contributed by atoms with E-state index in [-0.39, 0.29) is 41.0 Å². The van der Waals surface area contributed by atoms with Gasteiger partial charge in [-0.15, -0.1) is 0 Å². The summed E-state index contributed by atoms with van der Waals surface area (Å²) in [6.07, 6.45) is 2.83. The number of fused-ring (bicyclic) bond motifs is 3. The third kappa shape index (κ3) is 5.61. The van der Waals surface area contributed by atoms with Crippen molar-refractivity contribution in [3.8, 4) is 16.9 Å². The van der Waals surface area contributed by atoms with E-state index in [0.29, 0.717) is 48.8 Å². The number of hydrogen-bond acceptors (Lipinski definition) is 7. The van der Waals surface area contributed by atoms with Gasteiger partial charge in [-0.25, -0.2) is 19.2 Å². The lowest BCUT2D eigenvalue weighted by Gasteiger charge is -2.36. The number of amides is 1. The number of rotatable bonds is 5. The molecule has 6 rings (SSSR count). The fraction of sp³-hybridized carbons (Fsp3) is 0.355. The number of anilines is 1. The summed E-state index contributed by atoms with van der Waals surface area (Å²) in [7, 11) is 0. The van der Waals surface area contributed by atoms with E-state index in [0.717, 1.165) is 0 Å². The molecule has 9 nitrogen and oxygen atoms in total. The lowest BCUT2D eigenvalue weighted by molar-refractivity contribution is -0.0505. The zero-order chi connectivity index (χ0) is 30.5. The van der Waals surface area contributed by atoms with Gasteiger partial charge in [0.05, 0.1) is 5.69 Å². The first kappa shape index (κ1) is 28.5. The highest BCUT2D eigenvalue weighted by Crippen LogP contribution is 2.43. The van der Waals surface area contributed by atoms with E-state index < -0.39 is 23.9 Å². The van der Waals surface area contributed by atoms with E-state index >= 15 is 4.39 Å². The molecule has 4 aromatic rings. The van der Waals surface area contributed by atoms with Crippen LogP contribution in [-0.2, 0) is 4.74 Å². The molecule has 0 saturated carbocycles. The maximum Gasteiger partial charge on any atom is 0.410 e. The Hall–Kier alpha value is -4.61. The van der Waals surface area contributed by atoms with Crippen LogP contribution in [0.5, 0.6) is 5.75 Å². The summed E-state index contributed by atoms with van der Waals surface area (Å²) < 4.78 is 53.4. The summed E-state index contributed by atoms with van der Waals surface area (Å²) in [4.78, 5) is 37.9. The van der Waals surface area contributed by atoms with Crippen molar-refractivity contribution in [1.82, 2.24) is 19.3 Å². The molecule has 4 heterocycles. The number of imidazole rings is 1. The predicted molar refractivity (Wildman–Crippen MR) is 152 cm³/mol. The van der Waals surface area contributed by atoms with Crippen LogP contribution in [0.15, 0.2) is 54.9 Å². The van der Waals surface area contributed by atoms with Gasteiger partial charge in [-0.05, 0) is 39.0 Å². The predicted octanol–water partition coefficient (Wildman–Crippen LogP) is 5.91. The van der Waals surface area contributed by atoms with Gasteiger partial charge in [0.25, 0.3) is 0 Å². The molecule has 1 aliphatic heterocycles. The highest BCUT2D eigenvalue weighted by atomic mass is 19.3. The molecular weight excluding hydrogens is 563 g/mol. The molecule has 0 bridgehead atoms. The number of para-hydroxylation sites is 1. The van der Waals surface area contributed by atoms with Gasteiger partial charge in [0.1, 0.15) is 34.3 Å². The number of nitrogens with zero attached hydrogens (tertiary/aromatic N) is 5. The highest BCUT2D eigenvalue weighted by Gasteiger charge is 2.37. The molecule has 1 aliphatic carbocycles. The van der Waals surface area contributed by atoms with Crippen LogP contribution >= 0.6 is 0 Å². The molecular formula is C31H30F3N5O4. The maximum absolute atomic E-state index is 15.4. The van der Waals surface area contributed by atoms with E-state index in [9.17, 15) is 18.4 Å². The van der Waals surface area contributed by atoms with Gasteiger partial charge in [-0.2, -0.15) is 8.78 Å². The van der Waals surface area contributed by atoms with Crippen molar-refractivity contribution in [3.05, 3.63) is 77.6 Å². The molecule has 12 heteroatoms. The number of hydrogen-bond donors (Lipinski definition) is 0. The van der Waals surface area contributed by atoms with E-state index in [1.165, 1.54) is 12.1 Å². The van der Waals surface area contributed by atoms with Crippen molar-refractivity contribution in [2.75, 3.05) is 31.1 Å². The summed E-state index contributed by atoms with van der Waals surface area (Å²) >= 11 is 0. The SMILES string of the molecule is CC(C)(C)OC(=O)N1CCN(c2ccc(-c3cn4c5c(nc4cc3F)C(=O)CC5c3ccccc3OC(F)F)cn2)CC1. The first-order valence-electron chi connectivity index (χ1n) is 14.0. The molecule has 1 atom stereocenters. The number of halogens is 3. The van der Waals surface area contributed by atoms with E-state index in [1.54, 1.807) is 52.0 Å². The van der Waals surface area contributed by atoms with Gasteiger partial charge in [0.15, 0.2) is 5.78 Å². The second-order valence-corrected chi connectivity index (χ2v) is 11.6. The molecule has 1 saturated heterocycles. The number of ketones is 1. The Kier molecular flexibility index (Phi) is 7.23. The fourth-order valence-corrected chi connectivity index (χ4v) is 5.62. The Labute approximate surface area is 245 Å². The zero-order valence-corrected chi connectivity index (χ0v) is 23.9. The number of ether oxygens (including phenoxy) is 2. The van der Waals surface area contributed by atoms with Crippen LogP contribution in [0.25, 0.3) is 16.8 Å². The van der Waals surface area contributed by atoms with Crippen molar-refractivity contribution < 1.29 is 32.2 Å². The monoisotopic (exact) mass is 593 g/mol. The number of piperazine rings is 1. The summed E-state index contributed by atoms with van der Waals surface area (Å²) in [6, 6.07) is 11.2. The van der Waals surface area contributed by atoms with Crippen molar-refractivity contribution >= 4 is 23.3 Å². The lowest BCUT2D eigenvalue weighted by atomic mass is 9.95. The third-order valence-electron chi connectivity index (χ3n) is 7.56. The number of pyridine rings is 2. The topological polar surface area (TPSA) is 89.3 Å². The second-order valence-electron chi connectivity index (χ2n) is 11.6. The van der Waals surface area contributed by atoms with Crippen LogP contribution < -0.4 is 9.64 Å². The van der Waals surface area contributed by atoms with Gasteiger partial charge < -0.3 is 23.7 Å². The quantitative estimate of drug-likeness (QED) is 0.284. The number of benzene rings is 1. The molecule has 0 spiro atoms. The zero-order valence-electron chi connectivity index (χ0n) is 23.9. The molecule has 224 valence electrons. The van der Waals surface area contributed by atoms with Crippen LogP contribution in [0.1, 0.15) is 54.9 Å². The van der Waals surface area contributed by atoms with E-state index in [1.807, 2.05) is 25.7 Å². The van der Waals surface area contributed by atoms with Crippen LogP contribution in [0.4, 0.5) is 23.8 Å². The number of Topliss-reactive ketones (excluding diaryl/α,β-unsaturated/α-hetero) is 1. The largest absolute Gasteiger partial charge is 0.444 e. The second kappa shape index (κ2) is 10.9. The van der Waals surface area contributed by atoms with Gasteiger partial charge in [0.2, 0.25) is 0 Å². The van der Waals surface area contributed by atoms with Crippen LogP contribution in [0, 0.1) is 5.82 Å². The van der Waals surface area contributed by atoms with Gasteiger partial charge in [0, 0.05) is 73.7 Å². The Balaban J connectivity index is 1.26. The molecule has 3 aromatic heterocycles. The van der Waals surface area contributed by atoms with E-state index in [4.69, 9.17) is 9.47 Å². The number of alkyl halides is 2.